The summed E-state index contributed by atoms with van der Waals surface area (Å²) in [4.78, 5) is 6.80. The van der Waals surface area contributed by atoms with E-state index in [1.165, 1.54) is 19.3 Å². The first-order chi connectivity index (χ1) is 10.3. The van der Waals surface area contributed by atoms with Gasteiger partial charge in [0.1, 0.15) is 0 Å². The van der Waals surface area contributed by atoms with Crippen LogP contribution < -0.4 is 11.1 Å². The van der Waals surface area contributed by atoms with E-state index in [1.807, 2.05) is 0 Å². The van der Waals surface area contributed by atoms with Crippen LogP contribution in [0.4, 0.5) is 0 Å². The van der Waals surface area contributed by atoms with Crippen LogP contribution in [0.2, 0.25) is 0 Å². The molecule has 2 fully saturated rings. The number of hydrogen-bond acceptors (Lipinski definition) is 4. The first-order valence-electron chi connectivity index (χ1n) is 8.30. The van der Waals surface area contributed by atoms with Gasteiger partial charge in [0.15, 0.2) is 5.96 Å². The predicted octanol–water partition coefficient (Wildman–Crippen LogP) is 0.572. The normalized spacial score (nSPS) is 25.0. The molecule has 0 aromatic carbocycles. The van der Waals surface area contributed by atoms with E-state index < -0.39 is 0 Å². The van der Waals surface area contributed by atoms with Crippen LogP contribution in [-0.4, -0.2) is 69.5 Å². The molecular formula is C15H30N4O2. The Morgan fingerprint density at radius 2 is 2.10 bits per heavy atom. The van der Waals surface area contributed by atoms with Crippen LogP contribution in [0.3, 0.4) is 0 Å². The molecule has 2 aliphatic heterocycles. The Labute approximate surface area is 128 Å². The van der Waals surface area contributed by atoms with E-state index in [4.69, 9.17) is 15.2 Å². The van der Waals surface area contributed by atoms with Gasteiger partial charge in [-0.15, -0.1) is 0 Å². The topological polar surface area (TPSA) is 72.1 Å². The maximum atomic E-state index is 5.87. The minimum atomic E-state index is 0.403. The minimum absolute atomic E-state index is 0.403. The highest BCUT2D eigenvalue weighted by Crippen LogP contribution is 2.14. The van der Waals surface area contributed by atoms with Gasteiger partial charge < -0.3 is 20.5 Å². The van der Waals surface area contributed by atoms with E-state index in [2.05, 4.69) is 15.2 Å². The summed E-state index contributed by atoms with van der Waals surface area (Å²) in [6, 6.07) is 0. The highest BCUT2D eigenvalue weighted by molar-refractivity contribution is 5.77. The molecule has 2 aliphatic rings. The molecule has 0 aliphatic carbocycles. The van der Waals surface area contributed by atoms with Gasteiger partial charge in [-0.3, -0.25) is 9.89 Å². The average Bonchev–Trinajstić information content (AvgIpc) is 2.54. The second-order valence-electron chi connectivity index (χ2n) is 5.78. The fourth-order valence-corrected chi connectivity index (χ4v) is 2.77. The number of nitrogens with one attached hydrogen (secondary N) is 1. The van der Waals surface area contributed by atoms with Crippen LogP contribution >= 0.6 is 0 Å². The van der Waals surface area contributed by atoms with Gasteiger partial charge in [0.2, 0.25) is 0 Å². The van der Waals surface area contributed by atoms with E-state index in [0.717, 1.165) is 65.4 Å². The maximum Gasteiger partial charge on any atom is 0.188 e. The molecule has 0 saturated carbocycles. The Kier molecular flexibility index (Phi) is 7.85. The second kappa shape index (κ2) is 9.97. The lowest BCUT2D eigenvalue weighted by molar-refractivity contribution is 0.0122. The lowest BCUT2D eigenvalue weighted by Gasteiger charge is -2.26. The largest absolute Gasteiger partial charge is 0.379 e. The van der Waals surface area contributed by atoms with Crippen molar-refractivity contribution in [1.82, 2.24) is 10.2 Å². The second-order valence-corrected chi connectivity index (χ2v) is 5.78. The third-order valence-corrected chi connectivity index (χ3v) is 4.06. The zero-order valence-corrected chi connectivity index (χ0v) is 13.1. The third kappa shape index (κ3) is 7.11. The Morgan fingerprint density at radius 1 is 1.24 bits per heavy atom. The molecule has 2 rings (SSSR count). The Morgan fingerprint density at radius 3 is 2.86 bits per heavy atom. The van der Waals surface area contributed by atoms with E-state index in [1.54, 1.807) is 0 Å². The summed E-state index contributed by atoms with van der Waals surface area (Å²) >= 11 is 0. The molecule has 1 atom stereocenters. The van der Waals surface area contributed by atoms with Gasteiger partial charge in [-0.2, -0.15) is 0 Å². The van der Waals surface area contributed by atoms with Crippen LogP contribution in [0.25, 0.3) is 0 Å². The van der Waals surface area contributed by atoms with Crippen molar-refractivity contribution in [3.8, 4) is 0 Å². The minimum Gasteiger partial charge on any atom is -0.379 e. The number of guanidine groups is 1. The molecule has 21 heavy (non-hydrogen) atoms. The number of rotatable bonds is 7. The molecule has 0 aromatic rings. The molecule has 3 N–H and O–H groups in total. The van der Waals surface area contributed by atoms with Gasteiger partial charge in [0.05, 0.1) is 19.3 Å². The monoisotopic (exact) mass is 298 g/mol. The molecule has 0 aromatic heterocycles. The fourth-order valence-electron chi connectivity index (χ4n) is 2.77. The van der Waals surface area contributed by atoms with Crippen molar-refractivity contribution in [2.24, 2.45) is 10.7 Å². The number of ether oxygens (including phenoxy) is 2. The summed E-state index contributed by atoms with van der Waals surface area (Å²) in [6.07, 6.45) is 6.14. The van der Waals surface area contributed by atoms with E-state index in [9.17, 15) is 0 Å². The van der Waals surface area contributed by atoms with Crippen molar-refractivity contribution in [3.63, 3.8) is 0 Å². The first-order valence-corrected chi connectivity index (χ1v) is 8.30. The highest BCUT2D eigenvalue weighted by Gasteiger charge is 2.13. The van der Waals surface area contributed by atoms with Crippen molar-refractivity contribution in [2.75, 3.05) is 52.5 Å². The van der Waals surface area contributed by atoms with E-state index in [0.29, 0.717) is 12.1 Å². The highest BCUT2D eigenvalue weighted by atomic mass is 16.5. The molecule has 0 bridgehead atoms. The molecule has 0 amide bonds. The fraction of sp³-hybridized carbons (Fsp3) is 0.933. The number of nitrogens with zero attached hydrogens (tertiary/aromatic N) is 2. The quantitative estimate of drug-likeness (QED) is 0.408. The number of aliphatic imine (C=N–C) groups is 1. The number of hydrogen-bond donors (Lipinski definition) is 2. The molecule has 0 spiro atoms. The van der Waals surface area contributed by atoms with Crippen LogP contribution in [0, 0.1) is 0 Å². The van der Waals surface area contributed by atoms with Gasteiger partial charge >= 0.3 is 0 Å². The smallest absolute Gasteiger partial charge is 0.188 e. The summed E-state index contributed by atoms with van der Waals surface area (Å²) in [5.41, 5.74) is 5.87. The van der Waals surface area contributed by atoms with E-state index >= 15 is 0 Å². The molecule has 6 nitrogen and oxygen atoms in total. The zero-order valence-electron chi connectivity index (χ0n) is 13.1. The number of nitrogens with two attached hydrogens (primary N) is 1. The lowest BCUT2D eigenvalue weighted by atomic mass is 10.1. The van der Waals surface area contributed by atoms with Crippen LogP contribution in [0.15, 0.2) is 4.99 Å². The lowest BCUT2D eigenvalue weighted by Crippen LogP contribution is -2.37. The predicted molar refractivity (Wildman–Crippen MR) is 84.6 cm³/mol. The van der Waals surface area contributed by atoms with Crippen LogP contribution in [0.5, 0.6) is 0 Å². The Bertz CT molecular complexity index is 300. The first kappa shape index (κ1) is 16.5. The maximum absolute atomic E-state index is 5.87. The van der Waals surface area contributed by atoms with Crippen LogP contribution in [-0.2, 0) is 9.47 Å². The molecule has 2 saturated heterocycles. The number of morpholine rings is 1. The molecule has 1 unspecified atom stereocenters. The van der Waals surface area contributed by atoms with Crippen molar-refractivity contribution in [1.29, 1.82) is 0 Å². The standard InChI is InChI=1S/C15H30N4O2/c16-15(18-7-5-14-4-1-2-11-21-14)17-6-3-8-19-9-12-20-13-10-19/h14H,1-13H2,(H3,16,17,18). The van der Waals surface area contributed by atoms with Crippen molar-refractivity contribution in [2.45, 2.75) is 38.2 Å². The molecule has 0 radical (unpaired) electrons. The van der Waals surface area contributed by atoms with Crippen LogP contribution in [0.1, 0.15) is 32.1 Å². The van der Waals surface area contributed by atoms with Crippen molar-refractivity contribution < 1.29 is 9.47 Å². The SMILES string of the molecule is NC(=NCCCN1CCOCC1)NCCC1CCCCO1. The van der Waals surface area contributed by atoms with Crippen molar-refractivity contribution >= 4 is 5.96 Å². The molecular weight excluding hydrogens is 268 g/mol. The third-order valence-electron chi connectivity index (χ3n) is 4.06. The molecule has 6 heteroatoms. The van der Waals surface area contributed by atoms with E-state index in [-0.39, 0.29) is 0 Å². The van der Waals surface area contributed by atoms with Gasteiger partial charge in [-0.05, 0) is 32.1 Å². The Balaban J connectivity index is 1.48. The molecule has 122 valence electrons. The molecule has 2 heterocycles. The summed E-state index contributed by atoms with van der Waals surface area (Å²) in [7, 11) is 0. The van der Waals surface area contributed by atoms with Gasteiger partial charge in [-0.25, -0.2) is 0 Å². The Hall–Kier alpha value is -0.850. The summed E-state index contributed by atoms with van der Waals surface area (Å²) in [5, 5.41) is 3.18. The van der Waals surface area contributed by atoms with Gasteiger partial charge in [-0.1, -0.05) is 0 Å². The summed E-state index contributed by atoms with van der Waals surface area (Å²) in [5.74, 6) is 0.563. The summed E-state index contributed by atoms with van der Waals surface area (Å²) < 4.78 is 11.0. The van der Waals surface area contributed by atoms with Gasteiger partial charge in [0.25, 0.3) is 0 Å². The zero-order chi connectivity index (χ0) is 14.8. The average molecular weight is 298 g/mol. The summed E-state index contributed by atoms with van der Waals surface area (Å²) in [6.45, 7) is 7.43. The van der Waals surface area contributed by atoms with Crippen molar-refractivity contribution in [3.05, 3.63) is 0 Å². The van der Waals surface area contributed by atoms with Gasteiger partial charge in [0, 0.05) is 39.3 Å².